The molecule has 3 aromatic rings. The van der Waals surface area contributed by atoms with Gasteiger partial charge in [-0.3, -0.25) is 19.2 Å². The molecule has 1 saturated carbocycles. The predicted octanol–water partition coefficient (Wildman–Crippen LogP) is 4.82. The van der Waals surface area contributed by atoms with Gasteiger partial charge in [0.25, 0.3) is 5.91 Å². The van der Waals surface area contributed by atoms with E-state index in [2.05, 4.69) is 31.2 Å². The lowest BCUT2D eigenvalue weighted by molar-refractivity contribution is -0.145. The van der Waals surface area contributed by atoms with Gasteiger partial charge in [0.2, 0.25) is 17.7 Å². The van der Waals surface area contributed by atoms with Crippen LogP contribution >= 0.6 is 11.3 Å². The van der Waals surface area contributed by atoms with Gasteiger partial charge in [0.1, 0.15) is 12.1 Å². The second-order valence-corrected chi connectivity index (χ2v) is 14.9. The quantitative estimate of drug-likeness (QED) is 0.197. The normalized spacial score (nSPS) is 18.9. The van der Waals surface area contributed by atoms with Crippen LogP contribution in [0.3, 0.4) is 0 Å². The number of amides is 4. The molecule has 12 nitrogen and oxygen atoms in total. The number of carbonyl (C=O) groups excluding carboxylic acids is 4. The third-order valence-corrected chi connectivity index (χ3v) is 9.87. The van der Waals surface area contributed by atoms with Crippen molar-refractivity contribution in [1.82, 2.24) is 25.8 Å². The van der Waals surface area contributed by atoms with Crippen molar-refractivity contribution in [2.45, 2.75) is 90.7 Å². The van der Waals surface area contributed by atoms with Crippen LogP contribution in [-0.2, 0) is 32.1 Å². The number of likely N-dealkylation sites (tertiary alicyclic amines) is 1. The Morgan fingerprint density at radius 1 is 1.10 bits per heavy atom. The number of aliphatic hydroxyl groups is 1. The molecule has 1 aliphatic carbocycles. The summed E-state index contributed by atoms with van der Waals surface area (Å²) in [4.78, 5) is 57.8. The van der Waals surface area contributed by atoms with Crippen molar-refractivity contribution in [3.05, 3.63) is 64.8 Å². The summed E-state index contributed by atoms with van der Waals surface area (Å²) < 4.78 is 14.5. The average Bonchev–Trinajstić information content (AvgIpc) is 3.47. The number of aryl methyl sites for hydroxylation is 1. The number of hydrogen-bond donors (Lipinski definition) is 4. The molecule has 2 fully saturated rings. The first kappa shape index (κ1) is 36.7. The number of nitrogens with zero attached hydrogens (tertiary/aromatic N) is 4. The Morgan fingerprint density at radius 2 is 1.82 bits per heavy atom. The average molecular weight is 706 g/mol. The molecule has 1 saturated heterocycles. The largest absolute Gasteiger partial charge is 0.391 e. The molecule has 14 heteroatoms. The van der Waals surface area contributed by atoms with Gasteiger partial charge in [-0.05, 0) is 66.5 Å². The molecule has 0 bridgehead atoms. The molecule has 50 heavy (non-hydrogen) atoms. The van der Waals surface area contributed by atoms with Gasteiger partial charge in [-0.2, -0.15) is 10.2 Å². The van der Waals surface area contributed by atoms with Crippen molar-refractivity contribution < 1.29 is 28.7 Å². The van der Waals surface area contributed by atoms with E-state index in [1.807, 2.05) is 49.4 Å². The van der Waals surface area contributed by atoms with E-state index in [0.717, 1.165) is 21.7 Å². The number of aromatic nitrogens is 1. The molecule has 266 valence electrons. The zero-order valence-electron chi connectivity index (χ0n) is 29.0. The molecular formula is C36H44FN7O5S. The summed E-state index contributed by atoms with van der Waals surface area (Å²) in [6, 6.07) is 11.1. The minimum absolute atomic E-state index is 0.0202. The number of halogens is 1. The zero-order valence-corrected chi connectivity index (χ0v) is 29.8. The van der Waals surface area contributed by atoms with Gasteiger partial charge in [0, 0.05) is 33.0 Å². The number of rotatable bonds is 12. The third-order valence-electron chi connectivity index (χ3n) is 8.89. The smallest absolute Gasteiger partial charge is 0.258 e. The first-order valence-corrected chi connectivity index (χ1v) is 17.6. The van der Waals surface area contributed by atoms with Crippen molar-refractivity contribution in [3.63, 3.8) is 0 Å². The summed E-state index contributed by atoms with van der Waals surface area (Å²) in [5.74, 6) is -1.93. The molecule has 5 rings (SSSR count). The highest BCUT2D eigenvalue weighted by atomic mass is 32.1. The van der Waals surface area contributed by atoms with Crippen LogP contribution in [-0.4, -0.2) is 75.6 Å². The van der Waals surface area contributed by atoms with Gasteiger partial charge >= 0.3 is 0 Å². The summed E-state index contributed by atoms with van der Waals surface area (Å²) in [6.07, 6.45) is -0.0206. The molecule has 1 aromatic heterocycles. The van der Waals surface area contributed by atoms with Crippen molar-refractivity contribution in [1.29, 1.82) is 0 Å². The van der Waals surface area contributed by atoms with Crippen LogP contribution in [0.5, 0.6) is 0 Å². The van der Waals surface area contributed by atoms with Gasteiger partial charge in [0.05, 0.1) is 33.6 Å². The van der Waals surface area contributed by atoms with E-state index in [4.69, 9.17) is 0 Å². The zero-order chi connectivity index (χ0) is 36.2. The molecule has 2 heterocycles. The molecule has 2 aliphatic rings. The van der Waals surface area contributed by atoms with Gasteiger partial charge in [-0.1, -0.05) is 45.0 Å². The second kappa shape index (κ2) is 15.1. The van der Waals surface area contributed by atoms with Gasteiger partial charge in [0.15, 0.2) is 5.67 Å². The minimum atomic E-state index is -1.97. The standard InChI is InChI=1S/C36H44FN7O5S/c1-21-30(50-20-40-21)24-8-9-25(28(16-24)43-42-26-10-6-23(7-11-26)12-15-38-22(2)45)18-39-32(47)29-17-27(46)19-44(29)33(48)31(35(3,4)5)41-34(49)36(37)13-14-36/h6-11,16,20,27,29,31,46H,12-15,17-19H2,1-5H3,(H,38,45)(H,39,47)(H,41,49)/t27-,29+,31-/m1/s1. The Kier molecular flexibility index (Phi) is 11.1. The van der Waals surface area contributed by atoms with Crippen LogP contribution in [0.15, 0.2) is 58.2 Å². The monoisotopic (exact) mass is 705 g/mol. The Bertz CT molecular complexity index is 1770. The van der Waals surface area contributed by atoms with Crippen molar-refractivity contribution >= 4 is 46.3 Å². The number of hydrogen-bond acceptors (Lipinski definition) is 9. The van der Waals surface area contributed by atoms with Crippen LogP contribution in [0.4, 0.5) is 15.8 Å². The van der Waals surface area contributed by atoms with E-state index in [1.165, 1.54) is 23.2 Å². The van der Waals surface area contributed by atoms with Crippen LogP contribution in [0.1, 0.15) is 63.8 Å². The third kappa shape index (κ3) is 8.96. The lowest BCUT2D eigenvalue weighted by Crippen LogP contribution is -2.59. The lowest BCUT2D eigenvalue weighted by atomic mass is 9.85. The Morgan fingerprint density at radius 3 is 2.44 bits per heavy atom. The van der Waals surface area contributed by atoms with E-state index >= 15 is 0 Å². The van der Waals surface area contributed by atoms with E-state index in [0.29, 0.717) is 29.9 Å². The number of benzene rings is 2. The van der Waals surface area contributed by atoms with E-state index in [9.17, 15) is 28.7 Å². The molecule has 0 spiro atoms. The fourth-order valence-electron chi connectivity index (χ4n) is 5.77. The van der Waals surface area contributed by atoms with Gasteiger partial charge in [-0.25, -0.2) is 9.37 Å². The Hall–Kier alpha value is -4.56. The molecule has 4 amide bonds. The summed E-state index contributed by atoms with van der Waals surface area (Å²) >= 11 is 1.50. The number of azo groups is 1. The van der Waals surface area contributed by atoms with Gasteiger partial charge in [-0.15, -0.1) is 11.3 Å². The summed E-state index contributed by atoms with van der Waals surface area (Å²) in [7, 11) is 0. The lowest BCUT2D eigenvalue weighted by Gasteiger charge is -2.35. The number of β-amino-alcohol motifs (C(OH)–C–C–N with tert-alkyl or cyclic N) is 1. The summed E-state index contributed by atoms with van der Waals surface area (Å²) in [5.41, 5.74) is 3.67. The second-order valence-electron chi connectivity index (χ2n) is 14.1. The van der Waals surface area contributed by atoms with Crippen LogP contribution in [0, 0.1) is 12.3 Å². The molecule has 2 aromatic carbocycles. The van der Waals surface area contributed by atoms with Crippen molar-refractivity contribution in [2.75, 3.05) is 13.1 Å². The molecule has 0 radical (unpaired) electrons. The maximum atomic E-state index is 14.5. The van der Waals surface area contributed by atoms with E-state index in [-0.39, 0.29) is 38.3 Å². The van der Waals surface area contributed by atoms with E-state index in [1.54, 1.807) is 26.3 Å². The summed E-state index contributed by atoms with van der Waals surface area (Å²) in [5, 5.41) is 27.8. The first-order chi connectivity index (χ1) is 23.6. The van der Waals surface area contributed by atoms with Gasteiger partial charge < -0.3 is 26.0 Å². The number of aliphatic hydroxyl groups excluding tert-OH is 1. The van der Waals surface area contributed by atoms with Crippen molar-refractivity contribution in [2.24, 2.45) is 15.6 Å². The first-order valence-electron chi connectivity index (χ1n) is 16.7. The number of thiazole rings is 1. The fourth-order valence-corrected chi connectivity index (χ4v) is 6.57. The highest BCUT2D eigenvalue weighted by Crippen LogP contribution is 2.40. The highest BCUT2D eigenvalue weighted by Gasteiger charge is 2.53. The fraction of sp³-hybridized carbons (Fsp3) is 0.472. The number of carbonyl (C=O) groups is 4. The highest BCUT2D eigenvalue weighted by molar-refractivity contribution is 7.13. The summed E-state index contributed by atoms with van der Waals surface area (Å²) in [6.45, 7) is 9.18. The Balaban J connectivity index is 1.32. The van der Waals surface area contributed by atoms with Crippen LogP contribution in [0.25, 0.3) is 10.4 Å². The molecule has 4 N–H and O–H groups in total. The molecule has 3 atom stereocenters. The number of alkyl halides is 1. The topological polar surface area (TPSA) is 165 Å². The molecule has 0 unspecified atom stereocenters. The number of nitrogens with one attached hydrogen (secondary N) is 3. The maximum Gasteiger partial charge on any atom is 0.258 e. The predicted molar refractivity (Wildman–Crippen MR) is 188 cm³/mol. The maximum absolute atomic E-state index is 14.5. The van der Waals surface area contributed by atoms with E-state index < -0.39 is 47.0 Å². The molecular weight excluding hydrogens is 662 g/mol. The SMILES string of the molecule is CC(=O)NCCc1ccc(N=Nc2cc(-c3scnc3C)ccc2CNC(=O)[C@@H]2C[C@@H](O)CN2C(=O)[C@@H](NC(=O)C2(F)CC2)C(C)(C)C)cc1. The van der Waals surface area contributed by atoms with Crippen LogP contribution in [0.2, 0.25) is 0 Å². The molecule has 1 aliphatic heterocycles. The van der Waals surface area contributed by atoms with Crippen molar-refractivity contribution in [3.8, 4) is 10.4 Å². The van der Waals surface area contributed by atoms with Crippen LogP contribution < -0.4 is 16.0 Å². The minimum Gasteiger partial charge on any atom is -0.391 e. The Labute approximate surface area is 295 Å².